The molecule has 3 aliphatic heterocycles. The number of anilines is 6. The van der Waals surface area contributed by atoms with Gasteiger partial charge in [-0.1, -0.05) is 18.5 Å². The summed E-state index contributed by atoms with van der Waals surface area (Å²) in [5.41, 5.74) is 4.56. The number of fused-ring (bicyclic) bond motifs is 2. The summed E-state index contributed by atoms with van der Waals surface area (Å²) >= 11 is 6.48. The Hall–Kier alpha value is -4.91. The van der Waals surface area contributed by atoms with Gasteiger partial charge in [-0.05, 0) is 54.3 Å². The van der Waals surface area contributed by atoms with Crippen molar-refractivity contribution in [1.29, 1.82) is 0 Å². The highest BCUT2D eigenvalue weighted by Gasteiger charge is 2.30. The van der Waals surface area contributed by atoms with Crippen LogP contribution in [0.4, 0.5) is 39.4 Å². The Bertz CT molecular complexity index is 1860. The summed E-state index contributed by atoms with van der Waals surface area (Å²) in [4.78, 5) is 50.8. The van der Waals surface area contributed by atoms with Crippen LogP contribution in [0.15, 0.2) is 42.6 Å². The van der Waals surface area contributed by atoms with Crippen LogP contribution in [0.3, 0.4) is 0 Å². The number of rotatable bonds is 6. The highest BCUT2D eigenvalue weighted by atomic mass is 35.5. The lowest BCUT2D eigenvalue weighted by atomic mass is 9.93. The van der Waals surface area contributed by atoms with Crippen LogP contribution < -0.4 is 30.7 Å². The molecule has 0 spiro atoms. The van der Waals surface area contributed by atoms with Gasteiger partial charge in [-0.15, -0.1) is 0 Å². The Labute approximate surface area is 264 Å². The second-order valence-electron chi connectivity index (χ2n) is 11.9. The molecule has 2 atom stereocenters. The number of imide groups is 1. The van der Waals surface area contributed by atoms with E-state index in [4.69, 9.17) is 16.6 Å². The molecule has 2 aromatic carbocycles. The van der Waals surface area contributed by atoms with Crippen molar-refractivity contribution in [3.05, 3.63) is 53.2 Å². The lowest BCUT2D eigenvalue weighted by molar-refractivity contribution is -0.120. The van der Waals surface area contributed by atoms with Gasteiger partial charge in [0.2, 0.25) is 17.8 Å². The fraction of sp³-hybridized carbons (Fsp3) is 0.355. The van der Waals surface area contributed by atoms with Crippen molar-refractivity contribution < 1.29 is 14.4 Å². The summed E-state index contributed by atoms with van der Waals surface area (Å²) in [6.45, 7) is 4.03. The third-order valence-electron chi connectivity index (χ3n) is 8.83. The van der Waals surface area contributed by atoms with Gasteiger partial charge in [0.25, 0.3) is 0 Å². The number of hydrogen-bond acceptors (Lipinski definition) is 9. The molecule has 3 aliphatic rings. The fourth-order valence-electron chi connectivity index (χ4n) is 6.33. The van der Waals surface area contributed by atoms with E-state index in [1.807, 2.05) is 43.4 Å². The zero-order valence-electron chi connectivity index (χ0n) is 25.2. The van der Waals surface area contributed by atoms with Crippen LogP contribution in [0, 0.1) is 5.92 Å². The lowest BCUT2D eigenvalue weighted by Crippen LogP contribution is -2.49. The molecule has 232 valence electrons. The van der Waals surface area contributed by atoms with E-state index < -0.39 is 6.03 Å². The van der Waals surface area contributed by atoms with E-state index in [9.17, 15) is 14.4 Å². The van der Waals surface area contributed by atoms with Crippen LogP contribution in [0.5, 0.6) is 0 Å². The Kier molecular flexibility index (Phi) is 7.19. The molecule has 0 bridgehead atoms. The number of piperidine rings is 1. The molecule has 5 heterocycles. The summed E-state index contributed by atoms with van der Waals surface area (Å²) < 4.78 is 1.76. The first-order valence-electron chi connectivity index (χ1n) is 14.9. The second kappa shape index (κ2) is 11.2. The van der Waals surface area contributed by atoms with Crippen molar-refractivity contribution in [1.82, 2.24) is 25.1 Å². The molecule has 2 aromatic heterocycles. The topological polar surface area (TPSA) is 141 Å². The number of carbonyl (C=O) groups excluding carboxylic acids is 3. The molecule has 45 heavy (non-hydrogen) atoms. The summed E-state index contributed by atoms with van der Waals surface area (Å²) in [5, 5.41) is 15.2. The molecular formula is C31H33ClN10O3. The maximum absolute atomic E-state index is 12.4. The number of benzene rings is 2. The summed E-state index contributed by atoms with van der Waals surface area (Å²) in [6.07, 6.45) is 3.12. The van der Waals surface area contributed by atoms with E-state index in [-0.39, 0.29) is 30.2 Å². The molecule has 0 radical (unpaired) electrons. The molecule has 0 saturated carbocycles. The molecule has 7 rings (SSSR count). The molecule has 0 unspecified atom stereocenters. The zero-order valence-corrected chi connectivity index (χ0v) is 25.9. The van der Waals surface area contributed by atoms with Crippen LogP contribution in [0.1, 0.15) is 25.3 Å². The van der Waals surface area contributed by atoms with E-state index in [1.165, 1.54) is 4.90 Å². The molecule has 3 N–H and O–H groups in total. The van der Waals surface area contributed by atoms with Gasteiger partial charge in [-0.25, -0.2) is 9.78 Å². The maximum atomic E-state index is 12.4. The fourth-order valence-corrected chi connectivity index (χ4v) is 6.47. The number of halogens is 1. The van der Waals surface area contributed by atoms with Gasteiger partial charge in [-0.2, -0.15) is 10.1 Å². The molecular weight excluding hydrogens is 596 g/mol. The first-order valence-corrected chi connectivity index (χ1v) is 15.3. The minimum atomic E-state index is -0.449. The number of nitrogens with zero attached hydrogens (tertiary/aromatic N) is 7. The normalized spacial score (nSPS) is 20.1. The van der Waals surface area contributed by atoms with E-state index in [2.05, 4.69) is 37.9 Å². The number of urea groups is 1. The Morgan fingerprint density at radius 2 is 1.87 bits per heavy atom. The van der Waals surface area contributed by atoms with Gasteiger partial charge in [0.15, 0.2) is 11.6 Å². The molecule has 14 heteroatoms. The largest absolute Gasteiger partial charge is 0.382 e. The van der Waals surface area contributed by atoms with Gasteiger partial charge in [0, 0.05) is 68.6 Å². The predicted molar refractivity (Wildman–Crippen MR) is 174 cm³/mol. The molecule has 4 amide bonds. The molecule has 0 aliphatic carbocycles. The maximum Gasteiger partial charge on any atom is 0.329 e. The number of hydrogen-bond donors (Lipinski definition) is 3. The number of nitrogens with one attached hydrogen (secondary N) is 3. The van der Waals surface area contributed by atoms with E-state index in [0.717, 1.165) is 53.0 Å². The SMILES string of the molecule is C[C@@H]1CN(c2ncc(Cl)c(Nc3ccc4c(c3)CC(=O)N4C)n2)CC[C@H]1Nc1ccc2c(N3CCC(=O)NC3=O)nn(C)c2c1. The van der Waals surface area contributed by atoms with Crippen molar-refractivity contribution in [3.63, 3.8) is 0 Å². The Balaban J connectivity index is 1.02. The summed E-state index contributed by atoms with van der Waals surface area (Å²) in [6, 6.07) is 11.6. The number of likely N-dealkylation sites (N-methyl/N-ethyl adjacent to an activating group) is 1. The molecule has 2 saturated heterocycles. The van der Waals surface area contributed by atoms with Crippen molar-refractivity contribution in [2.24, 2.45) is 13.0 Å². The van der Waals surface area contributed by atoms with Crippen LogP contribution >= 0.6 is 11.6 Å². The van der Waals surface area contributed by atoms with Gasteiger partial charge >= 0.3 is 6.03 Å². The van der Waals surface area contributed by atoms with Crippen molar-refractivity contribution in [2.45, 2.75) is 32.2 Å². The molecule has 13 nitrogen and oxygen atoms in total. The van der Waals surface area contributed by atoms with Gasteiger partial charge < -0.3 is 20.4 Å². The van der Waals surface area contributed by atoms with Crippen LogP contribution in [0.25, 0.3) is 10.9 Å². The minimum Gasteiger partial charge on any atom is -0.382 e. The monoisotopic (exact) mass is 628 g/mol. The van der Waals surface area contributed by atoms with Crippen LogP contribution in [-0.2, 0) is 23.1 Å². The van der Waals surface area contributed by atoms with Gasteiger partial charge in [-0.3, -0.25) is 24.5 Å². The smallest absolute Gasteiger partial charge is 0.329 e. The van der Waals surface area contributed by atoms with E-state index in [1.54, 1.807) is 22.8 Å². The first-order chi connectivity index (χ1) is 21.6. The third-order valence-corrected chi connectivity index (χ3v) is 9.11. The third kappa shape index (κ3) is 5.37. The zero-order chi connectivity index (χ0) is 31.4. The summed E-state index contributed by atoms with van der Waals surface area (Å²) in [5.74, 6) is 1.76. The van der Waals surface area contributed by atoms with Gasteiger partial charge in [0.05, 0.1) is 18.1 Å². The molecule has 2 fully saturated rings. The van der Waals surface area contributed by atoms with Crippen molar-refractivity contribution >= 4 is 75.0 Å². The predicted octanol–water partition coefficient (Wildman–Crippen LogP) is 4.05. The first kappa shape index (κ1) is 28.8. The minimum absolute atomic E-state index is 0.0751. The highest BCUT2D eigenvalue weighted by molar-refractivity contribution is 6.33. The van der Waals surface area contributed by atoms with Crippen molar-refractivity contribution in [3.8, 4) is 0 Å². The van der Waals surface area contributed by atoms with Crippen molar-refractivity contribution in [2.75, 3.05) is 52.0 Å². The average Bonchev–Trinajstić information content (AvgIpc) is 3.49. The number of aromatic nitrogens is 4. The number of amides is 4. The van der Waals surface area contributed by atoms with E-state index >= 15 is 0 Å². The summed E-state index contributed by atoms with van der Waals surface area (Å²) in [7, 11) is 3.64. The highest BCUT2D eigenvalue weighted by Crippen LogP contribution is 2.34. The quantitative estimate of drug-likeness (QED) is 0.288. The lowest BCUT2D eigenvalue weighted by Gasteiger charge is -2.37. The van der Waals surface area contributed by atoms with Gasteiger partial charge in [0.1, 0.15) is 5.02 Å². The molecule has 4 aromatic rings. The second-order valence-corrected chi connectivity index (χ2v) is 12.3. The number of carbonyl (C=O) groups is 3. The Morgan fingerprint density at radius 1 is 1.04 bits per heavy atom. The number of aryl methyl sites for hydroxylation is 1. The standard InChI is InChI=1S/C31H33ClN10O3/c1-17-16-41(30-33-15-22(32)28(37-30)35-19-5-7-24-18(12-19)13-27(44)39(24)2)10-8-23(17)34-20-4-6-21-25(14-20)40(3)38-29(21)42-11-9-26(43)36-31(42)45/h4-7,12,14-15,17,23,34H,8-11,13,16H2,1-3H3,(H,33,35,37)(H,36,43,45)/t17-,23-/m1/s1. The average molecular weight is 629 g/mol. The van der Waals surface area contributed by atoms with Crippen LogP contribution in [0.2, 0.25) is 5.02 Å². The van der Waals surface area contributed by atoms with Crippen LogP contribution in [-0.4, -0.2) is 70.3 Å². The Morgan fingerprint density at radius 3 is 2.67 bits per heavy atom. The van der Waals surface area contributed by atoms with E-state index in [0.29, 0.717) is 35.6 Å².